The van der Waals surface area contributed by atoms with E-state index in [0.717, 1.165) is 0 Å². The van der Waals surface area contributed by atoms with Gasteiger partial charge in [0.25, 0.3) is 0 Å². The van der Waals surface area contributed by atoms with E-state index in [9.17, 15) is 24.0 Å². The predicted molar refractivity (Wildman–Crippen MR) is 119 cm³/mol. The predicted octanol–water partition coefficient (Wildman–Crippen LogP) is -2.71. The fourth-order valence-corrected chi connectivity index (χ4v) is 2.83. The number of aliphatic hydroxyl groups excluding tert-OH is 1. The molecule has 0 radical (unpaired) electrons. The lowest BCUT2D eigenvalue weighted by Gasteiger charge is -2.26. The third kappa shape index (κ3) is 11.6. The molecule has 0 bridgehead atoms. The Morgan fingerprint density at radius 3 is 1.85 bits per heavy atom. The van der Waals surface area contributed by atoms with E-state index in [1.54, 1.807) is 6.92 Å². The van der Waals surface area contributed by atoms with Gasteiger partial charge in [0.15, 0.2) is 0 Å². The second-order valence-corrected chi connectivity index (χ2v) is 7.91. The highest BCUT2D eigenvalue weighted by molar-refractivity contribution is 5.94. The average molecular weight is 475 g/mol. The minimum absolute atomic E-state index is 0.119. The van der Waals surface area contributed by atoms with Crippen molar-refractivity contribution >= 4 is 29.6 Å². The lowest BCUT2D eigenvalue weighted by Crippen LogP contribution is -2.58. The molecule has 33 heavy (non-hydrogen) atoms. The van der Waals surface area contributed by atoms with Gasteiger partial charge in [-0.2, -0.15) is 0 Å². The van der Waals surface area contributed by atoms with E-state index < -0.39 is 60.4 Å². The van der Waals surface area contributed by atoms with Gasteiger partial charge in [0.1, 0.15) is 18.1 Å². The SMILES string of the molecule is CCC(C)C(N)C(=O)NC(CCC(N)=O)C(=O)NC(CCCCN)C(=O)NC(CO)C(=O)O. The average Bonchev–Trinajstić information content (AvgIpc) is 2.77. The zero-order valence-corrected chi connectivity index (χ0v) is 19.2. The van der Waals surface area contributed by atoms with Crippen LogP contribution in [0.2, 0.25) is 0 Å². The van der Waals surface area contributed by atoms with Crippen LogP contribution < -0.4 is 33.2 Å². The second-order valence-electron chi connectivity index (χ2n) is 7.91. The number of nitrogens with two attached hydrogens (primary N) is 3. The van der Waals surface area contributed by atoms with Gasteiger partial charge in [0.2, 0.25) is 23.6 Å². The molecule has 0 aromatic heterocycles. The smallest absolute Gasteiger partial charge is 0.328 e. The number of aliphatic hydroxyl groups is 1. The van der Waals surface area contributed by atoms with E-state index in [1.165, 1.54) is 0 Å². The van der Waals surface area contributed by atoms with Crippen LogP contribution in [-0.4, -0.2) is 77.1 Å². The first-order valence-electron chi connectivity index (χ1n) is 11.0. The molecule has 0 saturated carbocycles. The lowest BCUT2D eigenvalue weighted by molar-refractivity contribution is -0.143. The molecule has 0 aromatic rings. The quantitative estimate of drug-likeness (QED) is 0.102. The number of primary amides is 1. The molecule has 0 aromatic carbocycles. The van der Waals surface area contributed by atoms with Crippen molar-refractivity contribution in [2.75, 3.05) is 13.2 Å². The van der Waals surface area contributed by atoms with E-state index in [4.69, 9.17) is 27.4 Å². The standard InChI is InChI=1S/C20H38N6O7/c1-3-11(2)16(23)19(31)25-13(7-8-15(22)28)18(30)24-12(6-4-5-9-21)17(29)26-14(10-27)20(32)33/h11-14,16,27H,3-10,21,23H2,1-2H3,(H2,22,28)(H,24,30)(H,25,31)(H,26,29)(H,32,33). The van der Waals surface area contributed by atoms with Crippen molar-refractivity contribution in [3.63, 3.8) is 0 Å². The van der Waals surface area contributed by atoms with Gasteiger partial charge in [0.05, 0.1) is 12.6 Å². The first-order chi connectivity index (χ1) is 15.5. The monoisotopic (exact) mass is 474 g/mol. The highest BCUT2D eigenvalue weighted by atomic mass is 16.4. The van der Waals surface area contributed by atoms with Crippen molar-refractivity contribution in [1.29, 1.82) is 0 Å². The third-order valence-corrected chi connectivity index (χ3v) is 5.25. The van der Waals surface area contributed by atoms with Crippen LogP contribution in [0.25, 0.3) is 0 Å². The Labute approximate surface area is 193 Å². The number of hydrogen-bond acceptors (Lipinski definition) is 8. The Hall–Kier alpha value is -2.77. The maximum Gasteiger partial charge on any atom is 0.328 e. The number of carbonyl (C=O) groups is 5. The fourth-order valence-electron chi connectivity index (χ4n) is 2.83. The maximum absolute atomic E-state index is 12.9. The van der Waals surface area contributed by atoms with Crippen LogP contribution >= 0.6 is 0 Å². The molecule has 0 aliphatic heterocycles. The molecular weight excluding hydrogens is 436 g/mol. The summed E-state index contributed by atoms with van der Waals surface area (Å²) in [7, 11) is 0. The number of hydrogen-bond donors (Lipinski definition) is 8. The van der Waals surface area contributed by atoms with Crippen molar-refractivity contribution in [3.05, 3.63) is 0 Å². The molecule has 13 heteroatoms. The fraction of sp³-hybridized carbons (Fsp3) is 0.750. The second kappa shape index (κ2) is 15.9. The Morgan fingerprint density at radius 2 is 1.39 bits per heavy atom. The largest absolute Gasteiger partial charge is 0.480 e. The van der Waals surface area contributed by atoms with E-state index >= 15 is 0 Å². The third-order valence-electron chi connectivity index (χ3n) is 5.25. The van der Waals surface area contributed by atoms with Crippen LogP contribution in [0.3, 0.4) is 0 Å². The first-order valence-corrected chi connectivity index (χ1v) is 11.0. The molecule has 0 aliphatic carbocycles. The van der Waals surface area contributed by atoms with Crippen LogP contribution in [0.5, 0.6) is 0 Å². The maximum atomic E-state index is 12.9. The Kier molecular flexibility index (Phi) is 14.6. The summed E-state index contributed by atoms with van der Waals surface area (Å²) in [6, 6.07) is -4.79. The minimum Gasteiger partial charge on any atom is -0.480 e. The number of carboxylic acid groups (broad SMARTS) is 1. The van der Waals surface area contributed by atoms with E-state index in [2.05, 4.69) is 16.0 Å². The molecule has 5 atom stereocenters. The molecule has 4 amide bonds. The van der Waals surface area contributed by atoms with Gasteiger partial charge in [-0.25, -0.2) is 4.79 Å². The Bertz CT molecular complexity index is 675. The van der Waals surface area contributed by atoms with Crippen LogP contribution in [0.1, 0.15) is 52.4 Å². The van der Waals surface area contributed by atoms with E-state index in [1.807, 2.05) is 6.92 Å². The summed E-state index contributed by atoms with van der Waals surface area (Å²) in [6.07, 6.45) is 1.44. The number of unbranched alkanes of at least 4 members (excludes halogenated alkanes) is 1. The molecule has 0 spiro atoms. The number of carboxylic acids is 1. The minimum atomic E-state index is -1.55. The molecule has 11 N–H and O–H groups in total. The van der Waals surface area contributed by atoms with Gasteiger partial charge >= 0.3 is 5.97 Å². The number of amides is 4. The zero-order valence-electron chi connectivity index (χ0n) is 19.2. The summed E-state index contributed by atoms with van der Waals surface area (Å²) in [5, 5.41) is 25.3. The van der Waals surface area contributed by atoms with Crippen LogP contribution in [0.4, 0.5) is 0 Å². The molecule has 0 saturated heterocycles. The summed E-state index contributed by atoms with van der Waals surface area (Å²) in [5.41, 5.74) is 16.5. The molecule has 0 fully saturated rings. The summed E-state index contributed by atoms with van der Waals surface area (Å²) >= 11 is 0. The van der Waals surface area contributed by atoms with Crippen molar-refractivity contribution < 1.29 is 34.2 Å². The van der Waals surface area contributed by atoms with Gasteiger partial charge in [0, 0.05) is 6.42 Å². The van der Waals surface area contributed by atoms with Crippen LogP contribution in [-0.2, 0) is 24.0 Å². The molecule has 13 nitrogen and oxygen atoms in total. The Morgan fingerprint density at radius 1 is 0.879 bits per heavy atom. The summed E-state index contributed by atoms with van der Waals surface area (Å²) < 4.78 is 0. The summed E-state index contributed by atoms with van der Waals surface area (Å²) in [4.78, 5) is 60.3. The van der Waals surface area contributed by atoms with Gasteiger partial charge in [-0.05, 0) is 38.1 Å². The lowest BCUT2D eigenvalue weighted by atomic mass is 9.98. The topological polar surface area (TPSA) is 240 Å². The van der Waals surface area contributed by atoms with Crippen molar-refractivity contribution in [2.24, 2.45) is 23.1 Å². The number of carbonyl (C=O) groups excluding carboxylic acids is 4. The van der Waals surface area contributed by atoms with Gasteiger partial charge in [-0.3, -0.25) is 19.2 Å². The van der Waals surface area contributed by atoms with Crippen molar-refractivity contribution in [3.8, 4) is 0 Å². The number of rotatable bonds is 17. The molecule has 190 valence electrons. The van der Waals surface area contributed by atoms with Crippen molar-refractivity contribution in [1.82, 2.24) is 16.0 Å². The van der Waals surface area contributed by atoms with Crippen LogP contribution in [0.15, 0.2) is 0 Å². The van der Waals surface area contributed by atoms with Gasteiger partial charge in [-0.15, -0.1) is 0 Å². The highest BCUT2D eigenvalue weighted by Crippen LogP contribution is 2.08. The van der Waals surface area contributed by atoms with Crippen LogP contribution in [0, 0.1) is 5.92 Å². The highest BCUT2D eigenvalue weighted by Gasteiger charge is 2.30. The van der Waals surface area contributed by atoms with E-state index in [-0.39, 0.29) is 25.2 Å². The summed E-state index contributed by atoms with van der Waals surface area (Å²) in [5.74, 6) is -4.46. The molecule has 0 heterocycles. The Balaban J connectivity index is 5.51. The number of nitrogens with one attached hydrogen (secondary N) is 3. The molecule has 0 rings (SSSR count). The van der Waals surface area contributed by atoms with Gasteiger partial charge in [-0.1, -0.05) is 20.3 Å². The zero-order chi connectivity index (χ0) is 25.6. The van der Waals surface area contributed by atoms with E-state index in [0.29, 0.717) is 25.8 Å². The summed E-state index contributed by atoms with van der Waals surface area (Å²) in [6.45, 7) is 3.15. The van der Waals surface area contributed by atoms with Gasteiger partial charge < -0.3 is 43.4 Å². The molecular formula is C20H38N6O7. The molecule has 5 unspecified atom stereocenters. The normalized spacial score (nSPS) is 15.4. The van der Waals surface area contributed by atoms with Crippen molar-refractivity contribution in [2.45, 2.75) is 76.5 Å². The molecule has 0 aliphatic rings. The first kappa shape index (κ1) is 30.2. The number of aliphatic carboxylic acids is 1.